The molecule has 0 fully saturated rings. The number of halogens is 1. The molecule has 0 bridgehead atoms. The van der Waals surface area contributed by atoms with Gasteiger partial charge in [0, 0.05) is 11.4 Å². The summed E-state index contributed by atoms with van der Waals surface area (Å²) < 4.78 is 40.9. The van der Waals surface area contributed by atoms with Gasteiger partial charge in [-0.1, -0.05) is 30.0 Å². The van der Waals surface area contributed by atoms with Gasteiger partial charge in [0.25, 0.3) is 10.0 Å². The molecular weight excluding hydrogens is 437 g/mol. The van der Waals surface area contributed by atoms with E-state index in [-0.39, 0.29) is 10.0 Å². The first-order valence-corrected chi connectivity index (χ1v) is 11.6. The molecule has 0 radical (unpaired) electrons. The molecule has 152 valence electrons. The zero-order chi connectivity index (χ0) is 20.9. The fraction of sp³-hybridized carbons (Fsp3) is 0.118. The zero-order valence-electron chi connectivity index (χ0n) is 15.0. The topological polar surface area (TPSA) is 113 Å². The van der Waals surface area contributed by atoms with Crippen molar-refractivity contribution in [2.75, 3.05) is 21.1 Å². The van der Waals surface area contributed by atoms with Crippen LogP contribution in [0.25, 0.3) is 0 Å². The number of benzene rings is 2. The van der Waals surface area contributed by atoms with Gasteiger partial charge < -0.3 is 10.6 Å². The van der Waals surface area contributed by atoms with Crippen LogP contribution in [0.4, 0.5) is 25.7 Å². The van der Waals surface area contributed by atoms with Crippen molar-refractivity contribution < 1.29 is 17.6 Å². The van der Waals surface area contributed by atoms with Crippen molar-refractivity contribution in [1.82, 2.24) is 10.2 Å². The minimum Gasteiger partial charge on any atom is -0.308 e. The molecule has 2 aromatic carbocycles. The Balaban J connectivity index is 1.62. The van der Waals surface area contributed by atoms with Gasteiger partial charge >= 0.3 is 6.03 Å². The van der Waals surface area contributed by atoms with E-state index in [9.17, 15) is 17.6 Å². The van der Waals surface area contributed by atoms with Crippen molar-refractivity contribution in [2.24, 2.45) is 0 Å². The van der Waals surface area contributed by atoms with Crippen molar-refractivity contribution in [1.29, 1.82) is 0 Å². The van der Waals surface area contributed by atoms with Crippen LogP contribution in [0.15, 0.2) is 57.8 Å². The summed E-state index contributed by atoms with van der Waals surface area (Å²) in [5, 5.41) is 13.0. The molecule has 3 rings (SSSR count). The van der Waals surface area contributed by atoms with Gasteiger partial charge in [0.15, 0.2) is 4.34 Å². The lowest BCUT2D eigenvalue weighted by atomic mass is 10.3. The van der Waals surface area contributed by atoms with E-state index in [4.69, 9.17) is 0 Å². The SMILES string of the molecule is CCSc1nnc(NS(=O)(=O)c2ccc(NC(=O)Nc3ccc(F)cc3)cc2)s1. The minimum absolute atomic E-state index is 0.0156. The summed E-state index contributed by atoms with van der Waals surface area (Å²) in [4.78, 5) is 12.0. The monoisotopic (exact) mass is 453 g/mol. The van der Waals surface area contributed by atoms with Crippen molar-refractivity contribution in [3.8, 4) is 0 Å². The summed E-state index contributed by atoms with van der Waals surface area (Å²) >= 11 is 2.63. The number of aromatic nitrogens is 2. The fourth-order valence-corrected chi connectivity index (χ4v) is 5.03. The molecular formula is C17H16FN5O3S3. The largest absolute Gasteiger partial charge is 0.323 e. The minimum atomic E-state index is -3.83. The average Bonchev–Trinajstić information content (AvgIpc) is 3.10. The molecule has 29 heavy (non-hydrogen) atoms. The second-order valence-corrected chi connectivity index (χ2v) is 9.69. The lowest BCUT2D eigenvalue weighted by molar-refractivity contribution is 0.262. The number of sulfonamides is 1. The molecule has 0 atom stereocenters. The molecule has 12 heteroatoms. The molecule has 0 aliphatic rings. The molecule has 2 amide bonds. The molecule has 0 saturated heterocycles. The van der Waals surface area contributed by atoms with Crippen molar-refractivity contribution >= 4 is 55.7 Å². The standard InChI is InChI=1S/C17H16FN5O3S3/c1-2-27-17-22-21-16(28-17)23-29(25,26)14-9-7-13(8-10-14)20-15(24)19-12-5-3-11(18)4-6-12/h3-10H,2H2,1H3,(H,21,23)(H2,19,20,24). The summed E-state index contributed by atoms with van der Waals surface area (Å²) in [7, 11) is -3.83. The predicted molar refractivity (Wildman–Crippen MR) is 113 cm³/mol. The van der Waals surface area contributed by atoms with Crippen LogP contribution in [-0.2, 0) is 10.0 Å². The number of hydrogen-bond donors (Lipinski definition) is 3. The molecule has 0 spiro atoms. The molecule has 3 N–H and O–H groups in total. The van der Waals surface area contributed by atoms with Gasteiger partial charge in [0.1, 0.15) is 5.82 Å². The number of carbonyl (C=O) groups is 1. The number of amides is 2. The number of nitrogens with one attached hydrogen (secondary N) is 3. The highest BCUT2D eigenvalue weighted by Gasteiger charge is 2.17. The highest BCUT2D eigenvalue weighted by molar-refractivity contribution is 8.01. The van der Waals surface area contributed by atoms with E-state index >= 15 is 0 Å². The highest BCUT2D eigenvalue weighted by Crippen LogP contribution is 2.27. The Labute approximate surface area is 175 Å². The number of rotatable bonds is 7. The maximum Gasteiger partial charge on any atom is 0.323 e. The number of nitrogens with zero attached hydrogens (tertiary/aromatic N) is 2. The van der Waals surface area contributed by atoms with Crippen LogP contribution in [0.2, 0.25) is 0 Å². The van der Waals surface area contributed by atoms with Gasteiger partial charge in [-0.3, -0.25) is 4.72 Å². The molecule has 0 aliphatic carbocycles. The fourth-order valence-electron chi connectivity index (χ4n) is 2.15. The quantitative estimate of drug-likeness (QED) is 0.461. The van der Waals surface area contributed by atoms with E-state index in [1.807, 2.05) is 6.92 Å². The van der Waals surface area contributed by atoms with Crippen LogP contribution in [0.5, 0.6) is 0 Å². The third-order valence-corrected chi connectivity index (χ3v) is 6.76. The average molecular weight is 454 g/mol. The molecule has 0 aliphatic heterocycles. The highest BCUT2D eigenvalue weighted by atomic mass is 32.2. The van der Waals surface area contributed by atoms with Crippen LogP contribution in [0, 0.1) is 5.82 Å². The molecule has 1 aromatic heterocycles. The summed E-state index contributed by atoms with van der Waals surface area (Å²) in [6, 6.07) is 10.4. The number of hydrogen-bond acceptors (Lipinski definition) is 7. The van der Waals surface area contributed by atoms with Crippen LogP contribution in [0.1, 0.15) is 6.92 Å². The van der Waals surface area contributed by atoms with Crippen molar-refractivity contribution in [3.63, 3.8) is 0 Å². The summed E-state index contributed by atoms with van der Waals surface area (Å²) in [6.45, 7) is 1.96. The second-order valence-electron chi connectivity index (χ2n) is 5.52. The van der Waals surface area contributed by atoms with Gasteiger partial charge in [0.2, 0.25) is 5.13 Å². The van der Waals surface area contributed by atoms with Crippen molar-refractivity contribution in [3.05, 3.63) is 54.3 Å². The maximum absolute atomic E-state index is 12.9. The first-order valence-electron chi connectivity index (χ1n) is 8.28. The predicted octanol–water partition coefficient (Wildman–Crippen LogP) is 4.23. The Kier molecular flexibility index (Phi) is 6.67. The van der Waals surface area contributed by atoms with E-state index in [2.05, 4.69) is 25.6 Å². The van der Waals surface area contributed by atoms with Gasteiger partial charge in [-0.25, -0.2) is 17.6 Å². The Morgan fingerprint density at radius 1 is 1.03 bits per heavy atom. The first kappa shape index (κ1) is 21.0. The number of carbonyl (C=O) groups excluding carboxylic acids is 1. The summed E-state index contributed by atoms with van der Waals surface area (Å²) in [5.41, 5.74) is 0.811. The zero-order valence-corrected chi connectivity index (χ0v) is 17.5. The maximum atomic E-state index is 12.9. The summed E-state index contributed by atoms with van der Waals surface area (Å²) in [6.07, 6.45) is 0. The lowest BCUT2D eigenvalue weighted by Gasteiger charge is -2.09. The van der Waals surface area contributed by atoms with Crippen LogP contribution in [-0.4, -0.2) is 30.4 Å². The Bertz CT molecular complexity index is 1090. The van der Waals surface area contributed by atoms with E-state index < -0.39 is 21.9 Å². The van der Waals surface area contributed by atoms with E-state index in [0.717, 1.165) is 17.1 Å². The Morgan fingerprint density at radius 2 is 1.62 bits per heavy atom. The van der Waals surface area contributed by atoms with Gasteiger partial charge in [0.05, 0.1) is 4.90 Å². The third-order valence-electron chi connectivity index (χ3n) is 3.42. The second kappa shape index (κ2) is 9.20. The number of anilines is 3. The molecule has 0 unspecified atom stereocenters. The Morgan fingerprint density at radius 3 is 2.21 bits per heavy atom. The smallest absolute Gasteiger partial charge is 0.308 e. The van der Waals surface area contributed by atoms with Crippen LogP contribution < -0.4 is 15.4 Å². The van der Waals surface area contributed by atoms with E-state index in [1.165, 1.54) is 60.3 Å². The molecule has 3 aromatic rings. The van der Waals surface area contributed by atoms with Gasteiger partial charge in [-0.05, 0) is 54.3 Å². The van der Waals surface area contributed by atoms with Gasteiger partial charge in [-0.15, -0.1) is 10.2 Å². The summed E-state index contributed by atoms with van der Waals surface area (Å²) in [5.74, 6) is 0.403. The third kappa shape index (κ3) is 5.89. The van der Waals surface area contributed by atoms with Crippen LogP contribution >= 0.6 is 23.1 Å². The first-order chi connectivity index (χ1) is 13.9. The van der Waals surface area contributed by atoms with Crippen molar-refractivity contribution in [2.45, 2.75) is 16.2 Å². The van der Waals surface area contributed by atoms with Crippen LogP contribution in [0.3, 0.4) is 0 Å². The lowest BCUT2D eigenvalue weighted by Crippen LogP contribution is -2.19. The normalized spacial score (nSPS) is 11.1. The molecule has 1 heterocycles. The molecule has 0 saturated carbocycles. The molecule has 8 nitrogen and oxygen atoms in total. The number of thioether (sulfide) groups is 1. The Hall–Kier alpha value is -2.70. The van der Waals surface area contributed by atoms with E-state index in [1.54, 1.807) is 0 Å². The number of urea groups is 1. The van der Waals surface area contributed by atoms with Gasteiger partial charge in [-0.2, -0.15) is 0 Å². The van der Waals surface area contributed by atoms with E-state index in [0.29, 0.717) is 15.7 Å².